The highest BCUT2D eigenvalue weighted by atomic mass is 14.6. The van der Waals surface area contributed by atoms with Gasteiger partial charge in [0.05, 0.1) is 6.57 Å². The number of nitrogens with zero attached hydrogens (tertiary/aromatic N) is 1. The average molecular weight is 221 g/mol. The highest BCUT2D eigenvalue weighted by molar-refractivity contribution is 5.70. The Morgan fingerprint density at radius 1 is 0.941 bits per heavy atom. The Labute approximate surface area is 103 Å². The molecular weight excluding hydrogens is 206 g/mol. The third-order valence-corrected chi connectivity index (χ3v) is 2.89. The van der Waals surface area contributed by atoms with E-state index in [1.807, 2.05) is 24.3 Å². The first-order valence-electron chi connectivity index (χ1n) is 5.79. The van der Waals surface area contributed by atoms with Crippen molar-refractivity contribution in [2.45, 2.75) is 19.8 Å². The predicted octanol–water partition coefficient (Wildman–Crippen LogP) is 5.03. The average Bonchev–Trinajstić information content (AvgIpc) is 2.39. The minimum atomic E-state index is 0.506. The third-order valence-electron chi connectivity index (χ3n) is 2.89. The van der Waals surface area contributed by atoms with Crippen molar-refractivity contribution in [3.8, 4) is 11.1 Å². The Hall–Kier alpha value is -2.07. The molecule has 0 unspecified atom stereocenters. The van der Waals surface area contributed by atoms with Crippen LogP contribution < -0.4 is 0 Å². The monoisotopic (exact) mass is 221 g/mol. The molecule has 0 heterocycles. The van der Waals surface area contributed by atoms with E-state index in [4.69, 9.17) is 6.57 Å². The Balaban J connectivity index is 2.49. The molecule has 0 aromatic heterocycles. The van der Waals surface area contributed by atoms with Crippen molar-refractivity contribution in [2.24, 2.45) is 0 Å². The SMILES string of the molecule is [C-]#[N+]c1ccc(-c2ccccc2C(C)C)cc1. The maximum Gasteiger partial charge on any atom is 0.187 e. The van der Waals surface area contributed by atoms with E-state index in [1.165, 1.54) is 16.7 Å². The zero-order valence-electron chi connectivity index (χ0n) is 10.1. The molecule has 0 bridgehead atoms. The summed E-state index contributed by atoms with van der Waals surface area (Å²) in [5.41, 5.74) is 4.49. The van der Waals surface area contributed by atoms with Crippen molar-refractivity contribution < 1.29 is 0 Å². The summed E-state index contributed by atoms with van der Waals surface area (Å²) in [6.07, 6.45) is 0. The van der Waals surface area contributed by atoms with Crippen LogP contribution in [0.15, 0.2) is 48.5 Å². The van der Waals surface area contributed by atoms with Gasteiger partial charge in [-0.05, 0) is 22.6 Å². The van der Waals surface area contributed by atoms with E-state index in [1.54, 1.807) is 0 Å². The van der Waals surface area contributed by atoms with Crippen molar-refractivity contribution in [3.05, 3.63) is 65.5 Å². The molecule has 0 spiro atoms. The molecule has 0 radical (unpaired) electrons. The van der Waals surface area contributed by atoms with Gasteiger partial charge in [0.1, 0.15) is 0 Å². The van der Waals surface area contributed by atoms with Crippen LogP contribution in [0.25, 0.3) is 16.0 Å². The molecule has 17 heavy (non-hydrogen) atoms. The predicted molar refractivity (Wildman–Crippen MR) is 72.2 cm³/mol. The van der Waals surface area contributed by atoms with Crippen LogP contribution in [0.1, 0.15) is 25.3 Å². The molecule has 1 nitrogen and oxygen atoms in total. The van der Waals surface area contributed by atoms with Gasteiger partial charge in [0.2, 0.25) is 0 Å². The fourth-order valence-electron chi connectivity index (χ4n) is 1.98. The topological polar surface area (TPSA) is 4.36 Å². The maximum absolute atomic E-state index is 6.95. The molecule has 2 aromatic rings. The Morgan fingerprint density at radius 3 is 2.18 bits per heavy atom. The van der Waals surface area contributed by atoms with Gasteiger partial charge in [0, 0.05) is 0 Å². The van der Waals surface area contributed by atoms with Crippen molar-refractivity contribution >= 4 is 5.69 Å². The van der Waals surface area contributed by atoms with Crippen molar-refractivity contribution in [1.29, 1.82) is 0 Å². The third kappa shape index (κ3) is 2.37. The fourth-order valence-corrected chi connectivity index (χ4v) is 1.98. The molecular formula is C16H15N. The molecule has 0 fully saturated rings. The molecule has 0 amide bonds. The second-order valence-electron chi connectivity index (χ2n) is 4.40. The number of rotatable bonds is 2. The summed E-state index contributed by atoms with van der Waals surface area (Å²) in [6.45, 7) is 11.4. The summed E-state index contributed by atoms with van der Waals surface area (Å²) in [7, 11) is 0. The van der Waals surface area contributed by atoms with E-state index in [0.29, 0.717) is 11.6 Å². The van der Waals surface area contributed by atoms with Crippen LogP contribution in [-0.4, -0.2) is 0 Å². The lowest BCUT2D eigenvalue weighted by Crippen LogP contribution is -1.91. The summed E-state index contributed by atoms with van der Waals surface area (Å²) in [6, 6.07) is 16.2. The van der Waals surface area contributed by atoms with Crippen LogP contribution in [0.2, 0.25) is 0 Å². The summed E-state index contributed by atoms with van der Waals surface area (Å²) in [4.78, 5) is 3.41. The van der Waals surface area contributed by atoms with Crippen LogP contribution in [0, 0.1) is 6.57 Å². The molecule has 0 N–H and O–H groups in total. The van der Waals surface area contributed by atoms with Gasteiger partial charge in [-0.3, -0.25) is 0 Å². The quantitative estimate of drug-likeness (QED) is 0.626. The Morgan fingerprint density at radius 2 is 1.59 bits per heavy atom. The van der Waals surface area contributed by atoms with E-state index >= 15 is 0 Å². The second kappa shape index (κ2) is 4.84. The van der Waals surface area contributed by atoms with Gasteiger partial charge in [-0.25, -0.2) is 4.85 Å². The van der Waals surface area contributed by atoms with Gasteiger partial charge in [0.15, 0.2) is 5.69 Å². The number of hydrogen-bond donors (Lipinski definition) is 0. The van der Waals surface area contributed by atoms with Crippen LogP contribution in [-0.2, 0) is 0 Å². The first kappa shape index (κ1) is 11.4. The lowest BCUT2D eigenvalue weighted by atomic mass is 9.93. The van der Waals surface area contributed by atoms with Gasteiger partial charge in [-0.2, -0.15) is 0 Å². The smallest absolute Gasteiger partial charge is 0.187 e. The van der Waals surface area contributed by atoms with E-state index in [-0.39, 0.29) is 0 Å². The lowest BCUT2D eigenvalue weighted by Gasteiger charge is -2.12. The Kier molecular flexibility index (Phi) is 3.25. The first-order valence-corrected chi connectivity index (χ1v) is 5.79. The van der Waals surface area contributed by atoms with E-state index in [2.05, 4.69) is 43.0 Å². The van der Waals surface area contributed by atoms with Gasteiger partial charge in [-0.1, -0.05) is 62.4 Å². The highest BCUT2D eigenvalue weighted by Gasteiger charge is 2.07. The molecule has 0 aliphatic carbocycles. The lowest BCUT2D eigenvalue weighted by molar-refractivity contribution is 0.869. The minimum Gasteiger partial charge on any atom is -0.238 e. The standard InChI is InChI=1S/C16H15N/c1-12(2)15-6-4-5-7-16(15)13-8-10-14(17-3)11-9-13/h4-12H,1-2H3. The maximum atomic E-state index is 6.95. The zero-order valence-corrected chi connectivity index (χ0v) is 10.1. The summed E-state index contributed by atoms with van der Waals surface area (Å²) < 4.78 is 0. The Bertz CT molecular complexity index is 544. The van der Waals surface area contributed by atoms with Crippen molar-refractivity contribution in [1.82, 2.24) is 0 Å². The second-order valence-corrected chi connectivity index (χ2v) is 4.40. The number of benzene rings is 2. The highest BCUT2D eigenvalue weighted by Crippen LogP contribution is 2.30. The van der Waals surface area contributed by atoms with E-state index in [9.17, 15) is 0 Å². The van der Waals surface area contributed by atoms with Crippen LogP contribution in [0.4, 0.5) is 5.69 Å². The van der Waals surface area contributed by atoms with E-state index in [0.717, 1.165) is 0 Å². The summed E-state index contributed by atoms with van der Waals surface area (Å²) in [5.74, 6) is 0.506. The fraction of sp³-hybridized carbons (Fsp3) is 0.188. The zero-order chi connectivity index (χ0) is 12.3. The summed E-state index contributed by atoms with van der Waals surface area (Å²) >= 11 is 0. The van der Waals surface area contributed by atoms with Gasteiger partial charge in [-0.15, -0.1) is 0 Å². The molecule has 1 heteroatoms. The molecule has 0 atom stereocenters. The molecule has 0 saturated carbocycles. The normalized spacial score (nSPS) is 10.2. The molecule has 2 aromatic carbocycles. The molecule has 0 saturated heterocycles. The molecule has 0 aliphatic heterocycles. The van der Waals surface area contributed by atoms with Crippen molar-refractivity contribution in [2.75, 3.05) is 0 Å². The molecule has 2 rings (SSSR count). The van der Waals surface area contributed by atoms with Gasteiger partial charge >= 0.3 is 0 Å². The molecule has 84 valence electrons. The molecule has 0 aliphatic rings. The van der Waals surface area contributed by atoms with Crippen LogP contribution >= 0.6 is 0 Å². The minimum absolute atomic E-state index is 0.506. The van der Waals surface area contributed by atoms with Gasteiger partial charge < -0.3 is 0 Å². The van der Waals surface area contributed by atoms with Crippen molar-refractivity contribution in [3.63, 3.8) is 0 Å². The largest absolute Gasteiger partial charge is 0.238 e. The van der Waals surface area contributed by atoms with Crippen LogP contribution in [0.3, 0.4) is 0 Å². The van der Waals surface area contributed by atoms with Crippen LogP contribution in [0.5, 0.6) is 0 Å². The first-order chi connectivity index (χ1) is 8.22. The van der Waals surface area contributed by atoms with Gasteiger partial charge in [0.25, 0.3) is 0 Å². The summed E-state index contributed by atoms with van der Waals surface area (Å²) in [5, 5.41) is 0. The van der Waals surface area contributed by atoms with E-state index < -0.39 is 0 Å². The number of hydrogen-bond acceptors (Lipinski definition) is 0.